The van der Waals surface area contributed by atoms with E-state index >= 15 is 0 Å². The molecule has 0 unspecified atom stereocenters. The maximum Gasteiger partial charge on any atom is 0.407 e. The first-order valence-electron chi connectivity index (χ1n) is 8.12. The number of rotatable bonds is 5. The summed E-state index contributed by atoms with van der Waals surface area (Å²) < 4.78 is 5.22. The number of hydrogen-bond acceptors (Lipinski definition) is 3. The van der Waals surface area contributed by atoms with Crippen molar-refractivity contribution in [2.24, 2.45) is 0 Å². The molecule has 0 aromatic heterocycles. The lowest BCUT2D eigenvalue weighted by molar-refractivity contribution is 0.0483. The summed E-state index contributed by atoms with van der Waals surface area (Å²) in [5.74, 6) is 0. The van der Waals surface area contributed by atoms with Crippen LogP contribution in [0.3, 0.4) is 0 Å². The van der Waals surface area contributed by atoms with Gasteiger partial charge in [-0.1, -0.05) is 54.6 Å². The Kier molecular flexibility index (Phi) is 5.99. The highest BCUT2D eigenvalue weighted by molar-refractivity contribution is 5.68. The molecule has 0 radical (unpaired) electrons. The van der Waals surface area contributed by atoms with Gasteiger partial charge in [0.1, 0.15) is 5.60 Å². The average Bonchev–Trinajstić information content (AvgIpc) is 2.54. The summed E-state index contributed by atoms with van der Waals surface area (Å²) in [6, 6.07) is 17.9. The quantitative estimate of drug-likeness (QED) is 0.878. The van der Waals surface area contributed by atoms with Crippen LogP contribution >= 0.6 is 0 Å². The standard InChI is InChI=1S/C20H25NO3/c1-20(2,3)24-19(23)21-18(14-22)13-15-9-11-17(12-10-15)16-7-5-4-6-8-16/h4-12,18,22H,13-14H2,1-3H3,(H,21,23)/t18-/m1/s1. The molecule has 4 heteroatoms. The predicted octanol–water partition coefficient (Wildman–Crippen LogP) is 3.78. The summed E-state index contributed by atoms with van der Waals surface area (Å²) in [6.07, 6.45) is 0.0348. The predicted molar refractivity (Wildman–Crippen MR) is 95.8 cm³/mol. The molecular weight excluding hydrogens is 302 g/mol. The van der Waals surface area contributed by atoms with Gasteiger partial charge in [0.05, 0.1) is 12.6 Å². The molecule has 2 N–H and O–H groups in total. The summed E-state index contributed by atoms with van der Waals surface area (Å²) in [5, 5.41) is 12.2. The van der Waals surface area contributed by atoms with Crippen LogP contribution in [0.2, 0.25) is 0 Å². The molecule has 0 saturated carbocycles. The van der Waals surface area contributed by atoms with Crippen molar-refractivity contribution in [2.75, 3.05) is 6.61 Å². The van der Waals surface area contributed by atoms with Crippen LogP contribution in [-0.4, -0.2) is 29.4 Å². The van der Waals surface area contributed by atoms with Crippen molar-refractivity contribution in [3.05, 3.63) is 60.2 Å². The number of carbonyl (C=O) groups is 1. The van der Waals surface area contributed by atoms with E-state index in [1.807, 2.05) is 63.2 Å². The lowest BCUT2D eigenvalue weighted by Gasteiger charge is -2.22. The number of aliphatic hydroxyl groups is 1. The Morgan fingerprint density at radius 3 is 2.17 bits per heavy atom. The number of ether oxygens (including phenoxy) is 1. The van der Waals surface area contributed by atoms with Gasteiger partial charge in [0.25, 0.3) is 0 Å². The maximum absolute atomic E-state index is 11.8. The third-order valence-corrected chi connectivity index (χ3v) is 3.48. The monoisotopic (exact) mass is 327 g/mol. The zero-order valence-corrected chi connectivity index (χ0v) is 14.5. The summed E-state index contributed by atoms with van der Waals surface area (Å²) in [5.41, 5.74) is 2.79. The second kappa shape index (κ2) is 7.97. The Morgan fingerprint density at radius 1 is 1.04 bits per heavy atom. The summed E-state index contributed by atoms with van der Waals surface area (Å²) in [6.45, 7) is 5.29. The van der Waals surface area contributed by atoms with Gasteiger partial charge in [0.2, 0.25) is 0 Å². The number of alkyl carbamates (subject to hydrolysis) is 1. The SMILES string of the molecule is CC(C)(C)OC(=O)N[C@@H](CO)Cc1ccc(-c2ccccc2)cc1. The highest BCUT2D eigenvalue weighted by Crippen LogP contribution is 2.19. The van der Waals surface area contributed by atoms with Crippen molar-refractivity contribution >= 4 is 6.09 Å². The first-order chi connectivity index (χ1) is 11.4. The van der Waals surface area contributed by atoms with E-state index in [4.69, 9.17) is 4.74 Å². The van der Waals surface area contributed by atoms with Crippen LogP contribution in [0.4, 0.5) is 4.79 Å². The second-order valence-corrected chi connectivity index (χ2v) is 6.79. The van der Waals surface area contributed by atoms with Crippen molar-refractivity contribution in [1.82, 2.24) is 5.32 Å². The summed E-state index contributed by atoms with van der Waals surface area (Å²) >= 11 is 0. The fourth-order valence-corrected chi connectivity index (χ4v) is 2.38. The van der Waals surface area contributed by atoms with Gasteiger partial charge >= 0.3 is 6.09 Å². The molecule has 0 saturated heterocycles. The largest absolute Gasteiger partial charge is 0.444 e. The van der Waals surface area contributed by atoms with E-state index in [0.29, 0.717) is 6.42 Å². The van der Waals surface area contributed by atoms with E-state index in [1.54, 1.807) is 0 Å². The van der Waals surface area contributed by atoms with Crippen LogP contribution in [0.1, 0.15) is 26.3 Å². The second-order valence-electron chi connectivity index (χ2n) is 6.79. The van der Waals surface area contributed by atoms with Gasteiger partial charge in [-0.2, -0.15) is 0 Å². The molecule has 0 bridgehead atoms. The minimum absolute atomic E-state index is 0.139. The number of nitrogens with one attached hydrogen (secondary N) is 1. The molecule has 0 fully saturated rings. The van der Waals surface area contributed by atoms with Crippen molar-refractivity contribution in [3.8, 4) is 11.1 Å². The van der Waals surface area contributed by atoms with Crippen LogP contribution in [0.5, 0.6) is 0 Å². The van der Waals surface area contributed by atoms with Crippen LogP contribution in [0.25, 0.3) is 11.1 Å². The molecular formula is C20H25NO3. The average molecular weight is 327 g/mol. The van der Waals surface area contributed by atoms with Crippen LogP contribution in [0.15, 0.2) is 54.6 Å². The van der Waals surface area contributed by atoms with Crippen molar-refractivity contribution in [2.45, 2.75) is 38.8 Å². The lowest BCUT2D eigenvalue weighted by Crippen LogP contribution is -2.42. The normalized spacial score (nSPS) is 12.5. The highest BCUT2D eigenvalue weighted by Gasteiger charge is 2.19. The van der Waals surface area contributed by atoms with Crippen molar-refractivity contribution in [1.29, 1.82) is 0 Å². The highest BCUT2D eigenvalue weighted by atomic mass is 16.6. The molecule has 1 amide bonds. The Hall–Kier alpha value is -2.33. The van der Waals surface area contributed by atoms with Gasteiger partial charge in [0.15, 0.2) is 0 Å². The topological polar surface area (TPSA) is 58.6 Å². The van der Waals surface area contributed by atoms with Gasteiger partial charge in [-0.25, -0.2) is 4.79 Å². The number of carbonyl (C=O) groups excluding carboxylic acids is 1. The van der Waals surface area contributed by atoms with E-state index in [9.17, 15) is 9.90 Å². The first-order valence-corrected chi connectivity index (χ1v) is 8.12. The lowest BCUT2D eigenvalue weighted by atomic mass is 10.0. The summed E-state index contributed by atoms with van der Waals surface area (Å²) in [4.78, 5) is 11.8. The van der Waals surface area contributed by atoms with Crippen molar-refractivity contribution in [3.63, 3.8) is 0 Å². The summed E-state index contributed by atoms with van der Waals surface area (Å²) in [7, 11) is 0. The molecule has 0 aliphatic heterocycles. The molecule has 4 nitrogen and oxygen atoms in total. The van der Waals surface area contributed by atoms with Gasteiger partial charge in [0, 0.05) is 0 Å². The molecule has 0 heterocycles. The molecule has 0 spiro atoms. The van der Waals surface area contributed by atoms with E-state index < -0.39 is 11.7 Å². The van der Waals surface area contributed by atoms with Gasteiger partial charge in [-0.05, 0) is 43.9 Å². The number of aliphatic hydroxyl groups excluding tert-OH is 1. The first kappa shape index (κ1) is 18.0. The number of amides is 1. The third kappa shape index (κ3) is 5.70. The third-order valence-electron chi connectivity index (χ3n) is 3.48. The minimum Gasteiger partial charge on any atom is -0.444 e. The molecule has 2 aromatic rings. The van der Waals surface area contributed by atoms with E-state index in [2.05, 4.69) is 17.4 Å². The Balaban J connectivity index is 1.97. The van der Waals surface area contributed by atoms with E-state index in [-0.39, 0.29) is 12.6 Å². The van der Waals surface area contributed by atoms with Crippen LogP contribution in [-0.2, 0) is 11.2 Å². The molecule has 128 valence electrons. The van der Waals surface area contributed by atoms with Gasteiger partial charge < -0.3 is 15.2 Å². The van der Waals surface area contributed by atoms with Crippen molar-refractivity contribution < 1.29 is 14.6 Å². The smallest absolute Gasteiger partial charge is 0.407 e. The molecule has 24 heavy (non-hydrogen) atoms. The Labute approximate surface area is 143 Å². The minimum atomic E-state index is -0.554. The number of benzene rings is 2. The molecule has 1 atom stereocenters. The molecule has 0 aliphatic rings. The zero-order chi connectivity index (χ0) is 17.6. The van der Waals surface area contributed by atoms with Gasteiger partial charge in [-0.15, -0.1) is 0 Å². The molecule has 2 aromatic carbocycles. The van der Waals surface area contributed by atoms with E-state index in [1.165, 1.54) is 0 Å². The van der Waals surface area contributed by atoms with E-state index in [0.717, 1.165) is 16.7 Å². The fraction of sp³-hybridized carbons (Fsp3) is 0.350. The molecule has 2 rings (SSSR count). The Morgan fingerprint density at radius 2 is 1.62 bits per heavy atom. The van der Waals surface area contributed by atoms with Crippen LogP contribution < -0.4 is 5.32 Å². The van der Waals surface area contributed by atoms with Gasteiger partial charge in [-0.3, -0.25) is 0 Å². The number of hydrogen-bond donors (Lipinski definition) is 2. The Bertz CT molecular complexity index is 645. The maximum atomic E-state index is 11.8. The zero-order valence-electron chi connectivity index (χ0n) is 14.5. The fourth-order valence-electron chi connectivity index (χ4n) is 2.38. The molecule has 0 aliphatic carbocycles. The van der Waals surface area contributed by atoms with Crippen LogP contribution in [0, 0.1) is 0 Å².